The van der Waals surface area contributed by atoms with E-state index in [4.69, 9.17) is 5.73 Å². The average molecular weight is 499 g/mol. The van der Waals surface area contributed by atoms with Crippen LogP contribution in [0.4, 0.5) is 5.69 Å². The van der Waals surface area contributed by atoms with Gasteiger partial charge in [-0.25, -0.2) is 0 Å². The second-order valence-corrected chi connectivity index (χ2v) is 9.57. The second kappa shape index (κ2) is 14.2. The molecule has 0 aliphatic carbocycles. The number of ketones is 1. The van der Waals surface area contributed by atoms with Gasteiger partial charge in [-0.2, -0.15) is 0 Å². The molecule has 3 aromatic carbocycles. The van der Waals surface area contributed by atoms with Gasteiger partial charge < -0.3 is 15.8 Å². The minimum Gasteiger partial charge on any atom is -0.326 e. The Hall–Kier alpha value is -3.57. The monoisotopic (exact) mass is 498 g/mol. The van der Waals surface area contributed by atoms with Crippen LogP contribution in [0.25, 0.3) is 0 Å². The molecule has 0 saturated heterocycles. The number of para-hydroxylation sites is 1. The Bertz CT molecular complexity index is 1150. The number of aryl methyl sites for hydroxylation is 1. The molecule has 0 aliphatic heterocycles. The third-order valence-corrected chi connectivity index (χ3v) is 7.12. The van der Waals surface area contributed by atoms with Gasteiger partial charge in [0.15, 0.2) is 5.78 Å². The summed E-state index contributed by atoms with van der Waals surface area (Å²) in [5.74, 6) is -1.37. The number of aldehydes is 1. The summed E-state index contributed by atoms with van der Waals surface area (Å²) in [4.78, 5) is 38.5. The molecule has 5 nitrogen and oxygen atoms in total. The van der Waals surface area contributed by atoms with Crippen molar-refractivity contribution >= 4 is 23.7 Å². The van der Waals surface area contributed by atoms with Crippen LogP contribution < -0.4 is 11.1 Å². The number of nitrogens with two attached hydrogens (primary N) is 1. The van der Waals surface area contributed by atoms with Gasteiger partial charge in [0.1, 0.15) is 6.29 Å². The zero-order chi connectivity index (χ0) is 26.6. The van der Waals surface area contributed by atoms with Crippen LogP contribution in [-0.4, -0.2) is 24.0 Å². The van der Waals surface area contributed by atoms with Gasteiger partial charge in [0.25, 0.3) is 0 Å². The molecule has 3 aromatic rings. The number of amides is 1. The minimum absolute atomic E-state index is 0.0710. The Labute approximate surface area is 220 Å². The Morgan fingerprint density at radius 1 is 0.838 bits per heavy atom. The van der Waals surface area contributed by atoms with E-state index in [-0.39, 0.29) is 17.6 Å². The van der Waals surface area contributed by atoms with Crippen molar-refractivity contribution in [2.24, 2.45) is 17.6 Å². The third-order valence-electron chi connectivity index (χ3n) is 7.12. The van der Waals surface area contributed by atoms with Crippen LogP contribution in [0.5, 0.6) is 0 Å². The maximum Gasteiger partial charge on any atom is 0.228 e. The first-order chi connectivity index (χ1) is 18.0. The zero-order valence-corrected chi connectivity index (χ0v) is 21.8. The normalized spacial score (nSPS) is 14.2. The Kier molecular flexibility index (Phi) is 10.8. The lowest BCUT2D eigenvalue weighted by atomic mass is 9.80. The first-order valence-electron chi connectivity index (χ1n) is 13.2. The highest BCUT2D eigenvalue weighted by atomic mass is 16.2. The molecule has 0 aromatic heterocycles. The van der Waals surface area contributed by atoms with Gasteiger partial charge in [0, 0.05) is 23.4 Å². The highest BCUT2D eigenvalue weighted by Gasteiger charge is 2.34. The van der Waals surface area contributed by atoms with Gasteiger partial charge in [0.2, 0.25) is 5.91 Å². The molecule has 194 valence electrons. The summed E-state index contributed by atoms with van der Waals surface area (Å²) in [6, 6.07) is 26.4. The molecule has 0 radical (unpaired) electrons. The second-order valence-electron chi connectivity index (χ2n) is 9.57. The van der Waals surface area contributed by atoms with Crippen molar-refractivity contribution in [3.05, 3.63) is 102 Å². The number of nitrogens with one attached hydrogen (secondary N) is 1. The van der Waals surface area contributed by atoms with Crippen molar-refractivity contribution in [1.29, 1.82) is 0 Å². The van der Waals surface area contributed by atoms with Crippen LogP contribution in [0.1, 0.15) is 55.7 Å². The molecule has 4 atom stereocenters. The fraction of sp³-hybridized carbons (Fsp3) is 0.344. The van der Waals surface area contributed by atoms with E-state index in [9.17, 15) is 14.4 Å². The molecule has 0 fully saturated rings. The highest BCUT2D eigenvalue weighted by molar-refractivity contribution is 5.98. The van der Waals surface area contributed by atoms with E-state index in [1.807, 2.05) is 98.8 Å². The lowest BCUT2D eigenvalue weighted by Crippen LogP contribution is -2.43. The van der Waals surface area contributed by atoms with Crippen molar-refractivity contribution in [3.63, 3.8) is 0 Å². The lowest BCUT2D eigenvalue weighted by molar-refractivity contribution is -0.132. The topological polar surface area (TPSA) is 89.3 Å². The summed E-state index contributed by atoms with van der Waals surface area (Å²) in [6.45, 7) is 3.87. The first-order valence-corrected chi connectivity index (χ1v) is 13.2. The standard InChI is InChI=1S/C32H38N2O3/c1-3-27(31(36)29(33)21-23-13-7-5-8-14-23)28(4-2)32(37)34-30-18-12-11-17-25(30)19-20-26(22-35)24-15-9-6-10-16-24/h5-18,22,26-29H,3-4,19-21,33H2,1-2H3,(H,34,37). The summed E-state index contributed by atoms with van der Waals surface area (Å²) >= 11 is 0. The summed E-state index contributed by atoms with van der Waals surface area (Å²) in [5, 5.41) is 3.08. The van der Waals surface area contributed by atoms with E-state index in [1.165, 1.54) is 0 Å². The van der Waals surface area contributed by atoms with Gasteiger partial charge in [-0.1, -0.05) is 92.7 Å². The van der Waals surface area contributed by atoms with Crippen molar-refractivity contribution in [2.45, 2.75) is 57.9 Å². The quantitative estimate of drug-likeness (QED) is 0.278. The third kappa shape index (κ3) is 7.70. The van der Waals surface area contributed by atoms with Gasteiger partial charge in [-0.05, 0) is 54.9 Å². The van der Waals surface area contributed by atoms with E-state index in [0.29, 0.717) is 32.1 Å². The molecule has 0 spiro atoms. The maximum atomic E-state index is 13.4. The minimum atomic E-state index is -0.653. The van der Waals surface area contributed by atoms with Gasteiger partial charge >= 0.3 is 0 Å². The van der Waals surface area contributed by atoms with Gasteiger partial charge in [-0.15, -0.1) is 0 Å². The molecule has 3 rings (SSSR count). The van der Waals surface area contributed by atoms with Crippen molar-refractivity contribution in [1.82, 2.24) is 0 Å². The Morgan fingerprint density at radius 3 is 2.05 bits per heavy atom. The number of carbonyl (C=O) groups is 3. The molecule has 0 heterocycles. The van der Waals surface area contributed by atoms with E-state index in [0.717, 1.165) is 28.7 Å². The van der Waals surface area contributed by atoms with E-state index in [2.05, 4.69) is 5.32 Å². The van der Waals surface area contributed by atoms with E-state index in [1.54, 1.807) is 0 Å². The predicted molar refractivity (Wildman–Crippen MR) is 149 cm³/mol. The van der Waals surface area contributed by atoms with Crippen molar-refractivity contribution < 1.29 is 14.4 Å². The van der Waals surface area contributed by atoms with E-state index >= 15 is 0 Å². The summed E-state index contributed by atoms with van der Waals surface area (Å²) in [6.07, 6.45) is 3.81. The molecule has 1 amide bonds. The molecule has 0 saturated carbocycles. The van der Waals surface area contributed by atoms with E-state index < -0.39 is 17.9 Å². The highest BCUT2D eigenvalue weighted by Crippen LogP contribution is 2.27. The van der Waals surface area contributed by atoms with Crippen LogP contribution in [0, 0.1) is 11.8 Å². The van der Waals surface area contributed by atoms with Crippen molar-refractivity contribution in [3.8, 4) is 0 Å². The summed E-state index contributed by atoms with van der Waals surface area (Å²) < 4.78 is 0. The number of rotatable bonds is 14. The maximum absolute atomic E-state index is 13.4. The molecule has 0 bridgehead atoms. The molecule has 0 aliphatic rings. The van der Waals surface area contributed by atoms with Gasteiger partial charge in [-0.3, -0.25) is 9.59 Å². The number of hydrogen-bond acceptors (Lipinski definition) is 4. The SMILES string of the molecule is CCC(C(=O)Nc1ccccc1CCC(C=O)c1ccccc1)C(CC)C(=O)C(N)Cc1ccccc1. The molecular formula is C32H38N2O3. The predicted octanol–water partition coefficient (Wildman–Crippen LogP) is 5.73. The fourth-order valence-corrected chi connectivity index (χ4v) is 4.99. The number of benzene rings is 3. The zero-order valence-electron chi connectivity index (χ0n) is 21.8. The van der Waals surface area contributed by atoms with Crippen molar-refractivity contribution in [2.75, 3.05) is 5.32 Å². The summed E-state index contributed by atoms with van der Waals surface area (Å²) in [7, 11) is 0. The molecule has 3 N–H and O–H groups in total. The first kappa shape index (κ1) is 28.0. The number of carbonyl (C=O) groups excluding carboxylic acids is 3. The van der Waals surface area contributed by atoms with Crippen LogP contribution >= 0.6 is 0 Å². The van der Waals surface area contributed by atoms with Crippen LogP contribution in [0.3, 0.4) is 0 Å². The molecule has 37 heavy (non-hydrogen) atoms. The van der Waals surface area contributed by atoms with Crippen LogP contribution in [0.15, 0.2) is 84.9 Å². The van der Waals surface area contributed by atoms with Gasteiger partial charge in [0.05, 0.1) is 6.04 Å². The molecule has 4 unspecified atom stereocenters. The largest absolute Gasteiger partial charge is 0.326 e. The number of anilines is 1. The Morgan fingerprint density at radius 2 is 1.43 bits per heavy atom. The molecular weight excluding hydrogens is 460 g/mol. The lowest BCUT2D eigenvalue weighted by Gasteiger charge is -2.26. The smallest absolute Gasteiger partial charge is 0.228 e. The Balaban J connectivity index is 1.69. The summed E-state index contributed by atoms with van der Waals surface area (Å²) in [5.41, 5.74) is 10.00. The fourth-order valence-electron chi connectivity index (χ4n) is 4.99. The number of Topliss-reactive ketones (excluding diaryl/α,β-unsaturated/α-hetero) is 1. The van der Waals surface area contributed by atoms with Crippen LogP contribution in [0.2, 0.25) is 0 Å². The molecule has 5 heteroatoms. The average Bonchev–Trinajstić information content (AvgIpc) is 2.93. The van der Waals surface area contributed by atoms with Crippen LogP contribution in [-0.2, 0) is 27.2 Å². The number of hydrogen-bond donors (Lipinski definition) is 2.